The summed E-state index contributed by atoms with van der Waals surface area (Å²) < 4.78 is 2.07. The topological polar surface area (TPSA) is 22.0 Å². The number of Topliss-reactive ketones (excluding diaryl/α,β-unsaturated/α-hetero) is 1. The molecule has 0 bridgehead atoms. The number of hydrogen-bond donors (Lipinski definition) is 0. The monoisotopic (exact) mass is 277 g/mol. The average Bonchev–Trinajstić information content (AvgIpc) is 2.67. The lowest BCUT2D eigenvalue weighted by Crippen LogP contribution is -1.98. The van der Waals surface area contributed by atoms with E-state index in [-0.39, 0.29) is 5.78 Å². The van der Waals surface area contributed by atoms with E-state index in [1.54, 1.807) is 6.92 Å². The average molecular weight is 278 g/mol. The minimum atomic E-state index is 0.0403. The van der Waals surface area contributed by atoms with Crippen molar-refractivity contribution in [1.82, 2.24) is 4.57 Å². The molecule has 0 amide bonds. The molecule has 0 aliphatic rings. The fraction of sp³-hybridized carbons (Fsp3) is 0.438. The molecule has 19 heavy (non-hydrogen) atoms. The molecule has 1 aromatic heterocycles. The summed E-state index contributed by atoms with van der Waals surface area (Å²) >= 11 is 6.42. The molecule has 3 heteroatoms. The lowest BCUT2D eigenvalue weighted by Gasteiger charge is -2.06. The van der Waals surface area contributed by atoms with Crippen LogP contribution in [-0.2, 0) is 13.0 Å². The molecule has 0 aliphatic heterocycles. The fourth-order valence-electron chi connectivity index (χ4n) is 2.46. The van der Waals surface area contributed by atoms with Gasteiger partial charge in [-0.05, 0) is 37.5 Å². The number of carbonyl (C=O) groups excluding carboxylic acids is 1. The summed E-state index contributed by atoms with van der Waals surface area (Å²) in [5.41, 5.74) is 2.98. The van der Waals surface area contributed by atoms with Gasteiger partial charge in [-0.1, -0.05) is 37.9 Å². The summed E-state index contributed by atoms with van der Waals surface area (Å²) in [7, 11) is 0. The number of carbonyl (C=O) groups is 1. The molecular weight excluding hydrogens is 258 g/mol. The number of ketones is 1. The largest absolute Gasteiger partial charge is 0.331 e. The number of halogens is 1. The van der Waals surface area contributed by atoms with E-state index < -0.39 is 0 Å². The van der Waals surface area contributed by atoms with E-state index in [1.807, 2.05) is 0 Å². The van der Waals surface area contributed by atoms with Gasteiger partial charge in [-0.3, -0.25) is 4.79 Å². The fourth-order valence-corrected chi connectivity index (χ4v) is 2.87. The summed E-state index contributed by atoms with van der Waals surface area (Å²) in [6, 6.07) is 6.30. The highest BCUT2D eigenvalue weighted by Crippen LogP contribution is 2.31. The Morgan fingerprint density at radius 2 is 2.05 bits per heavy atom. The Kier molecular flexibility index (Phi) is 4.31. The number of aromatic nitrogens is 1. The van der Waals surface area contributed by atoms with Crippen molar-refractivity contribution in [3.8, 4) is 0 Å². The summed E-state index contributed by atoms with van der Waals surface area (Å²) in [4.78, 5) is 11.9. The van der Waals surface area contributed by atoms with Crippen molar-refractivity contribution in [2.45, 2.75) is 46.6 Å². The standard InChI is InChI=1S/C16H20ClNO/c1-4-6-9-18-14-8-7-12(5-2)10-13(14)15(11(3)19)16(18)17/h7-8,10H,4-6,9H2,1-3H3. The van der Waals surface area contributed by atoms with E-state index in [1.165, 1.54) is 5.56 Å². The van der Waals surface area contributed by atoms with Crippen molar-refractivity contribution < 1.29 is 4.79 Å². The summed E-state index contributed by atoms with van der Waals surface area (Å²) in [6.07, 6.45) is 3.14. The zero-order valence-corrected chi connectivity index (χ0v) is 12.5. The van der Waals surface area contributed by atoms with Crippen LogP contribution in [0.15, 0.2) is 18.2 Å². The van der Waals surface area contributed by atoms with Gasteiger partial charge >= 0.3 is 0 Å². The molecule has 102 valence electrons. The van der Waals surface area contributed by atoms with Gasteiger partial charge in [-0.25, -0.2) is 0 Å². The van der Waals surface area contributed by atoms with Crippen LogP contribution in [0.4, 0.5) is 0 Å². The molecule has 0 radical (unpaired) electrons. The van der Waals surface area contributed by atoms with Crippen LogP contribution in [-0.4, -0.2) is 10.4 Å². The molecule has 2 nitrogen and oxygen atoms in total. The molecule has 0 N–H and O–H groups in total. The lowest BCUT2D eigenvalue weighted by molar-refractivity contribution is 0.101. The van der Waals surface area contributed by atoms with Crippen LogP contribution in [0.3, 0.4) is 0 Å². The third kappa shape index (κ3) is 2.55. The summed E-state index contributed by atoms with van der Waals surface area (Å²) in [5.74, 6) is 0.0403. The third-order valence-corrected chi connectivity index (χ3v) is 3.95. The van der Waals surface area contributed by atoms with Gasteiger partial charge < -0.3 is 4.57 Å². The Morgan fingerprint density at radius 3 is 2.63 bits per heavy atom. The number of fused-ring (bicyclic) bond motifs is 1. The maximum absolute atomic E-state index is 11.9. The first-order chi connectivity index (χ1) is 9.10. The third-order valence-electron chi connectivity index (χ3n) is 3.56. The lowest BCUT2D eigenvalue weighted by atomic mass is 10.1. The van der Waals surface area contributed by atoms with Crippen molar-refractivity contribution in [1.29, 1.82) is 0 Å². The Balaban J connectivity index is 2.68. The highest BCUT2D eigenvalue weighted by Gasteiger charge is 2.18. The van der Waals surface area contributed by atoms with Crippen LogP contribution in [0.1, 0.15) is 49.5 Å². The molecule has 1 heterocycles. The van der Waals surface area contributed by atoms with Gasteiger partial charge in [0.2, 0.25) is 0 Å². The second-order valence-corrected chi connectivity index (χ2v) is 5.29. The van der Waals surface area contributed by atoms with E-state index >= 15 is 0 Å². The van der Waals surface area contributed by atoms with Gasteiger partial charge in [-0.2, -0.15) is 0 Å². The van der Waals surface area contributed by atoms with Crippen molar-refractivity contribution in [3.63, 3.8) is 0 Å². The predicted molar refractivity (Wildman–Crippen MR) is 81.2 cm³/mol. The summed E-state index contributed by atoms with van der Waals surface area (Å²) in [5, 5.41) is 1.58. The minimum absolute atomic E-state index is 0.0403. The second-order valence-electron chi connectivity index (χ2n) is 4.93. The Labute approximate surface area is 119 Å². The second kappa shape index (κ2) is 5.79. The quantitative estimate of drug-likeness (QED) is 0.716. The van der Waals surface area contributed by atoms with Crippen molar-refractivity contribution in [3.05, 3.63) is 34.5 Å². The summed E-state index contributed by atoms with van der Waals surface area (Å²) in [6.45, 7) is 6.72. The molecule has 1 aromatic carbocycles. The Bertz CT molecular complexity index is 613. The minimum Gasteiger partial charge on any atom is -0.331 e. The predicted octanol–water partition coefficient (Wildman–Crippen LogP) is 4.86. The van der Waals surface area contributed by atoms with Gasteiger partial charge in [0.25, 0.3) is 0 Å². The van der Waals surface area contributed by atoms with Crippen molar-refractivity contribution in [2.75, 3.05) is 0 Å². The Morgan fingerprint density at radius 1 is 1.32 bits per heavy atom. The maximum Gasteiger partial charge on any atom is 0.163 e. The first-order valence-electron chi connectivity index (χ1n) is 6.91. The number of rotatable bonds is 5. The van der Waals surface area contributed by atoms with Gasteiger partial charge in [0, 0.05) is 17.4 Å². The molecule has 0 fully saturated rings. The van der Waals surface area contributed by atoms with Crippen molar-refractivity contribution >= 4 is 28.3 Å². The SMILES string of the molecule is CCCCn1c(Cl)c(C(C)=O)c2cc(CC)ccc21. The number of nitrogens with zero attached hydrogens (tertiary/aromatic N) is 1. The molecule has 0 atom stereocenters. The molecule has 0 aliphatic carbocycles. The number of unbranched alkanes of at least 4 members (excludes halogenated alkanes) is 1. The highest BCUT2D eigenvalue weighted by atomic mass is 35.5. The molecule has 0 saturated carbocycles. The first kappa shape index (κ1) is 14.1. The number of hydrogen-bond acceptors (Lipinski definition) is 1. The zero-order chi connectivity index (χ0) is 14.0. The van der Waals surface area contributed by atoms with Crippen LogP contribution in [0.2, 0.25) is 5.15 Å². The number of aryl methyl sites for hydroxylation is 2. The van der Waals surface area contributed by atoms with Crippen LogP contribution >= 0.6 is 11.6 Å². The van der Waals surface area contributed by atoms with E-state index in [2.05, 4.69) is 36.6 Å². The van der Waals surface area contributed by atoms with Gasteiger partial charge in [0.15, 0.2) is 5.78 Å². The van der Waals surface area contributed by atoms with Crippen LogP contribution in [0.5, 0.6) is 0 Å². The van der Waals surface area contributed by atoms with E-state index in [0.29, 0.717) is 10.7 Å². The van der Waals surface area contributed by atoms with Gasteiger partial charge in [0.05, 0.1) is 5.56 Å². The smallest absolute Gasteiger partial charge is 0.163 e. The van der Waals surface area contributed by atoms with Gasteiger partial charge in [0.1, 0.15) is 5.15 Å². The molecule has 0 saturated heterocycles. The molecule has 2 aromatic rings. The maximum atomic E-state index is 11.9. The molecule has 0 spiro atoms. The molecule has 0 unspecified atom stereocenters. The molecule has 2 rings (SSSR count). The normalized spacial score (nSPS) is 11.2. The first-order valence-corrected chi connectivity index (χ1v) is 7.29. The van der Waals surface area contributed by atoms with E-state index in [4.69, 9.17) is 11.6 Å². The van der Waals surface area contributed by atoms with Gasteiger partial charge in [-0.15, -0.1) is 0 Å². The molecular formula is C16H20ClNO. The van der Waals surface area contributed by atoms with Crippen molar-refractivity contribution in [2.24, 2.45) is 0 Å². The highest BCUT2D eigenvalue weighted by molar-refractivity contribution is 6.35. The number of benzene rings is 1. The van der Waals surface area contributed by atoms with Crippen LogP contribution in [0.25, 0.3) is 10.9 Å². The Hall–Kier alpha value is -1.28. The van der Waals surface area contributed by atoms with E-state index in [9.17, 15) is 4.79 Å². The van der Waals surface area contributed by atoms with E-state index in [0.717, 1.165) is 36.7 Å². The zero-order valence-electron chi connectivity index (χ0n) is 11.8. The van der Waals surface area contributed by atoms with Crippen LogP contribution < -0.4 is 0 Å². The van der Waals surface area contributed by atoms with Crippen LogP contribution in [0, 0.1) is 0 Å².